The summed E-state index contributed by atoms with van der Waals surface area (Å²) in [5, 5.41) is 14.4. The van der Waals surface area contributed by atoms with E-state index < -0.39 is 6.10 Å². The first-order chi connectivity index (χ1) is 11.1. The molecule has 122 valence electrons. The lowest BCUT2D eigenvalue weighted by Crippen LogP contribution is -2.15. The molecule has 0 fully saturated rings. The van der Waals surface area contributed by atoms with E-state index in [1.54, 1.807) is 13.2 Å². The van der Waals surface area contributed by atoms with E-state index in [2.05, 4.69) is 5.32 Å². The standard InChI is InChI=1S/C17H17Cl2NO3/c1-22-16-10(7-11(18)8-13(16)19)9-20-14-4-2-3-12-15(21)5-6-23-17(12)14/h2-4,7-8,15,20-21H,5-6,9H2,1H3. The molecule has 3 rings (SSSR count). The molecule has 0 radical (unpaired) electrons. The van der Waals surface area contributed by atoms with Crippen molar-refractivity contribution >= 4 is 28.9 Å². The van der Waals surface area contributed by atoms with Crippen LogP contribution >= 0.6 is 23.2 Å². The number of aliphatic hydroxyl groups excluding tert-OH is 1. The van der Waals surface area contributed by atoms with E-state index in [0.717, 1.165) is 16.8 Å². The third kappa shape index (κ3) is 3.34. The van der Waals surface area contributed by atoms with Crippen LogP contribution in [0.25, 0.3) is 0 Å². The number of hydrogen-bond donors (Lipinski definition) is 2. The molecule has 1 aliphatic heterocycles. The highest BCUT2D eigenvalue weighted by atomic mass is 35.5. The molecule has 6 heteroatoms. The van der Waals surface area contributed by atoms with Crippen LogP contribution < -0.4 is 14.8 Å². The fourth-order valence-corrected chi connectivity index (χ4v) is 3.32. The van der Waals surface area contributed by atoms with Gasteiger partial charge in [0.2, 0.25) is 0 Å². The predicted molar refractivity (Wildman–Crippen MR) is 91.9 cm³/mol. The van der Waals surface area contributed by atoms with E-state index in [1.807, 2.05) is 24.3 Å². The molecule has 0 saturated heterocycles. The first-order valence-corrected chi connectivity index (χ1v) is 8.05. The molecule has 2 aromatic rings. The number of anilines is 1. The minimum absolute atomic E-state index is 0.471. The first-order valence-electron chi connectivity index (χ1n) is 7.29. The maximum absolute atomic E-state index is 10.1. The van der Waals surface area contributed by atoms with E-state index in [0.29, 0.717) is 41.1 Å². The third-order valence-corrected chi connectivity index (χ3v) is 4.30. The smallest absolute Gasteiger partial charge is 0.148 e. The van der Waals surface area contributed by atoms with Crippen molar-refractivity contribution in [2.45, 2.75) is 19.1 Å². The molecule has 1 unspecified atom stereocenters. The van der Waals surface area contributed by atoms with E-state index in [4.69, 9.17) is 32.7 Å². The summed E-state index contributed by atoms with van der Waals surface area (Å²) in [5.41, 5.74) is 2.47. The van der Waals surface area contributed by atoms with E-state index in [9.17, 15) is 5.11 Å². The van der Waals surface area contributed by atoms with Gasteiger partial charge in [0.1, 0.15) is 11.5 Å². The summed E-state index contributed by atoms with van der Waals surface area (Å²) in [7, 11) is 1.57. The molecular weight excluding hydrogens is 337 g/mol. The van der Waals surface area contributed by atoms with Gasteiger partial charge in [-0.3, -0.25) is 0 Å². The number of ether oxygens (including phenoxy) is 2. The zero-order valence-corrected chi connectivity index (χ0v) is 14.1. The van der Waals surface area contributed by atoms with Crippen molar-refractivity contribution in [2.24, 2.45) is 0 Å². The number of aliphatic hydroxyl groups is 1. The van der Waals surface area contributed by atoms with Gasteiger partial charge in [0.05, 0.1) is 30.5 Å². The molecular formula is C17H17Cl2NO3. The second-order valence-corrected chi connectivity index (χ2v) is 6.15. The number of halogens is 2. The highest BCUT2D eigenvalue weighted by Crippen LogP contribution is 2.39. The average molecular weight is 354 g/mol. The zero-order valence-electron chi connectivity index (χ0n) is 12.6. The van der Waals surface area contributed by atoms with Gasteiger partial charge < -0.3 is 19.9 Å². The van der Waals surface area contributed by atoms with Crippen molar-refractivity contribution in [2.75, 3.05) is 19.0 Å². The van der Waals surface area contributed by atoms with Crippen molar-refractivity contribution in [3.05, 3.63) is 51.5 Å². The van der Waals surface area contributed by atoms with Crippen LogP contribution in [-0.2, 0) is 6.54 Å². The van der Waals surface area contributed by atoms with Crippen LogP contribution in [0, 0.1) is 0 Å². The number of methoxy groups -OCH3 is 1. The van der Waals surface area contributed by atoms with Gasteiger partial charge in [0.15, 0.2) is 0 Å². The summed E-state index contributed by atoms with van der Waals surface area (Å²) < 4.78 is 11.1. The van der Waals surface area contributed by atoms with Crippen LogP contribution in [0.15, 0.2) is 30.3 Å². The summed E-state index contributed by atoms with van der Waals surface area (Å²) in [6, 6.07) is 9.14. The Morgan fingerprint density at radius 3 is 2.96 bits per heavy atom. The average Bonchev–Trinajstić information content (AvgIpc) is 2.53. The Bertz CT molecular complexity index is 721. The molecule has 0 amide bonds. The van der Waals surface area contributed by atoms with Gasteiger partial charge in [-0.05, 0) is 18.2 Å². The fraction of sp³-hybridized carbons (Fsp3) is 0.294. The Balaban J connectivity index is 1.86. The molecule has 1 aliphatic rings. The largest absolute Gasteiger partial charge is 0.495 e. The number of hydrogen-bond acceptors (Lipinski definition) is 4. The van der Waals surface area contributed by atoms with Crippen molar-refractivity contribution in [3.63, 3.8) is 0 Å². The van der Waals surface area contributed by atoms with Crippen LogP contribution in [-0.4, -0.2) is 18.8 Å². The Morgan fingerprint density at radius 1 is 1.35 bits per heavy atom. The van der Waals surface area contributed by atoms with E-state index >= 15 is 0 Å². The van der Waals surface area contributed by atoms with Crippen molar-refractivity contribution in [3.8, 4) is 11.5 Å². The summed E-state index contributed by atoms with van der Waals surface area (Å²) >= 11 is 12.2. The van der Waals surface area contributed by atoms with Crippen molar-refractivity contribution < 1.29 is 14.6 Å². The zero-order chi connectivity index (χ0) is 16.4. The molecule has 0 aliphatic carbocycles. The van der Waals surface area contributed by atoms with Crippen LogP contribution in [0.3, 0.4) is 0 Å². The third-order valence-electron chi connectivity index (χ3n) is 3.80. The van der Waals surface area contributed by atoms with Crippen LogP contribution in [0.2, 0.25) is 10.0 Å². The Kier molecular flexibility index (Phi) is 4.85. The molecule has 1 heterocycles. The van der Waals surface area contributed by atoms with Gasteiger partial charge in [-0.2, -0.15) is 0 Å². The predicted octanol–water partition coefficient (Wildman–Crippen LogP) is 4.43. The normalized spacial score (nSPS) is 16.4. The van der Waals surface area contributed by atoms with Gasteiger partial charge in [-0.15, -0.1) is 0 Å². The Labute approximate surface area is 144 Å². The van der Waals surface area contributed by atoms with E-state index in [-0.39, 0.29) is 0 Å². The second kappa shape index (κ2) is 6.87. The molecule has 2 N–H and O–H groups in total. The molecule has 0 spiro atoms. The molecule has 0 bridgehead atoms. The number of fused-ring (bicyclic) bond motifs is 1. The molecule has 23 heavy (non-hydrogen) atoms. The first kappa shape index (κ1) is 16.2. The van der Waals surface area contributed by atoms with Crippen LogP contribution in [0.4, 0.5) is 5.69 Å². The molecule has 2 aromatic carbocycles. The topological polar surface area (TPSA) is 50.7 Å². The minimum atomic E-state index is -0.490. The molecule has 4 nitrogen and oxygen atoms in total. The SMILES string of the molecule is COc1c(Cl)cc(Cl)cc1CNc1cccc2c1OCCC2O. The molecule has 0 saturated carbocycles. The van der Waals surface area contributed by atoms with Crippen molar-refractivity contribution in [1.82, 2.24) is 0 Å². The van der Waals surface area contributed by atoms with Gasteiger partial charge in [-0.1, -0.05) is 35.3 Å². The minimum Gasteiger partial charge on any atom is -0.495 e. The van der Waals surface area contributed by atoms with Gasteiger partial charge in [-0.25, -0.2) is 0 Å². The quantitative estimate of drug-likeness (QED) is 0.853. The monoisotopic (exact) mass is 353 g/mol. The summed E-state index contributed by atoms with van der Waals surface area (Å²) in [6.45, 7) is 0.971. The fourth-order valence-electron chi connectivity index (χ4n) is 2.71. The number of para-hydroxylation sites is 1. The van der Waals surface area contributed by atoms with E-state index in [1.165, 1.54) is 0 Å². The van der Waals surface area contributed by atoms with Crippen LogP contribution in [0.1, 0.15) is 23.7 Å². The molecule has 0 aromatic heterocycles. The lowest BCUT2D eigenvalue weighted by atomic mass is 10.0. The number of rotatable bonds is 4. The molecule has 1 atom stereocenters. The van der Waals surface area contributed by atoms with Crippen molar-refractivity contribution in [1.29, 1.82) is 0 Å². The van der Waals surface area contributed by atoms with Gasteiger partial charge >= 0.3 is 0 Å². The van der Waals surface area contributed by atoms with Gasteiger partial charge in [0.25, 0.3) is 0 Å². The Hall–Kier alpha value is -1.62. The van der Waals surface area contributed by atoms with Crippen LogP contribution in [0.5, 0.6) is 11.5 Å². The maximum Gasteiger partial charge on any atom is 0.148 e. The number of nitrogens with one attached hydrogen (secondary N) is 1. The van der Waals surface area contributed by atoms with Gasteiger partial charge in [0, 0.05) is 29.1 Å². The summed E-state index contributed by atoms with van der Waals surface area (Å²) in [4.78, 5) is 0. The highest BCUT2D eigenvalue weighted by Gasteiger charge is 2.21. The summed E-state index contributed by atoms with van der Waals surface area (Å²) in [6.07, 6.45) is 0.115. The Morgan fingerprint density at radius 2 is 2.17 bits per heavy atom. The lowest BCUT2D eigenvalue weighted by Gasteiger charge is -2.25. The summed E-state index contributed by atoms with van der Waals surface area (Å²) in [5.74, 6) is 1.28. The highest BCUT2D eigenvalue weighted by molar-refractivity contribution is 6.35. The number of benzene rings is 2. The second-order valence-electron chi connectivity index (χ2n) is 5.31. The lowest BCUT2D eigenvalue weighted by molar-refractivity contribution is 0.116. The maximum atomic E-state index is 10.1.